The lowest BCUT2D eigenvalue weighted by Gasteiger charge is -2.20. The molecule has 2 nitrogen and oxygen atoms in total. The third-order valence-corrected chi connectivity index (χ3v) is 3.65. The van der Waals surface area contributed by atoms with Crippen molar-refractivity contribution in [3.05, 3.63) is 41.0 Å². The summed E-state index contributed by atoms with van der Waals surface area (Å²) in [6.07, 6.45) is 8.39. The fourth-order valence-corrected chi connectivity index (χ4v) is 2.63. The van der Waals surface area contributed by atoms with Crippen LogP contribution in [0.3, 0.4) is 0 Å². The Morgan fingerprint density at radius 3 is 2.83 bits per heavy atom. The summed E-state index contributed by atoms with van der Waals surface area (Å²) in [4.78, 5) is 0. The summed E-state index contributed by atoms with van der Waals surface area (Å²) < 4.78 is 5.41. The molecule has 2 rings (SSSR count). The van der Waals surface area contributed by atoms with Crippen LogP contribution in [-0.2, 0) is 0 Å². The highest BCUT2D eigenvalue weighted by molar-refractivity contribution is 5.39. The zero-order valence-corrected chi connectivity index (χ0v) is 11.4. The van der Waals surface area contributed by atoms with Gasteiger partial charge in [0.2, 0.25) is 0 Å². The molecular formula is C16H23NO. The van der Waals surface area contributed by atoms with Crippen LogP contribution >= 0.6 is 0 Å². The topological polar surface area (TPSA) is 35.2 Å². The van der Waals surface area contributed by atoms with E-state index in [1.807, 2.05) is 6.07 Å². The van der Waals surface area contributed by atoms with Gasteiger partial charge in [-0.05, 0) is 45.1 Å². The number of methoxy groups -OCH3 is 1. The molecule has 2 heteroatoms. The van der Waals surface area contributed by atoms with Gasteiger partial charge < -0.3 is 10.5 Å². The fraction of sp³-hybridized carbons (Fsp3) is 0.500. The largest absolute Gasteiger partial charge is 0.496 e. The molecule has 18 heavy (non-hydrogen) atoms. The first-order chi connectivity index (χ1) is 8.70. The van der Waals surface area contributed by atoms with Crippen LogP contribution in [0.4, 0.5) is 0 Å². The Hall–Kier alpha value is -1.28. The zero-order chi connectivity index (χ0) is 13.0. The van der Waals surface area contributed by atoms with Gasteiger partial charge in [-0.1, -0.05) is 29.3 Å². The van der Waals surface area contributed by atoms with E-state index < -0.39 is 0 Å². The molecule has 0 bridgehead atoms. The Morgan fingerprint density at radius 1 is 1.33 bits per heavy atom. The van der Waals surface area contributed by atoms with Crippen molar-refractivity contribution in [3.8, 4) is 5.75 Å². The third kappa shape index (κ3) is 3.14. The molecule has 0 fully saturated rings. The first-order valence-corrected chi connectivity index (χ1v) is 6.78. The molecule has 0 saturated carbocycles. The molecule has 2 N–H and O–H groups in total. The Morgan fingerprint density at radius 2 is 2.17 bits per heavy atom. The van der Waals surface area contributed by atoms with Crippen molar-refractivity contribution in [2.75, 3.05) is 7.11 Å². The molecule has 1 aliphatic rings. The maximum absolute atomic E-state index is 6.35. The van der Waals surface area contributed by atoms with Gasteiger partial charge in [-0.3, -0.25) is 0 Å². The molecule has 98 valence electrons. The van der Waals surface area contributed by atoms with Crippen molar-refractivity contribution in [1.29, 1.82) is 0 Å². The van der Waals surface area contributed by atoms with Gasteiger partial charge in [0.05, 0.1) is 7.11 Å². The maximum atomic E-state index is 6.35. The van der Waals surface area contributed by atoms with Gasteiger partial charge in [0.15, 0.2) is 0 Å². The van der Waals surface area contributed by atoms with E-state index in [2.05, 4.69) is 25.1 Å². The minimum atomic E-state index is 0.0456. The van der Waals surface area contributed by atoms with Gasteiger partial charge in [0, 0.05) is 11.6 Å². The van der Waals surface area contributed by atoms with Crippen LogP contribution in [-0.4, -0.2) is 7.11 Å². The lowest BCUT2D eigenvalue weighted by Crippen LogP contribution is -2.13. The molecular weight excluding hydrogens is 222 g/mol. The third-order valence-electron chi connectivity index (χ3n) is 3.65. The average molecular weight is 245 g/mol. The van der Waals surface area contributed by atoms with E-state index in [-0.39, 0.29) is 6.04 Å². The summed E-state index contributed by atoms with van der Waals surface area (Å²) in [6.45, 7) is 2.09. The molecule has 1 atom stereocenters. The van der Waals surface area contributed by atoms with Gasteiger partial charge in [-0.15, -0.1) is 0 Å². The second kappa shape index (κ2) is 6.05. The molecule has 0 aromatic heterocycles. The molecule has 0 saturated heterocycles. The quantitative estimate of drug-likeness (QED) is 0.817. The standard InChI is InChI=1S/C16H23NO/c1-12-8-9-16(18-2)14(10-12)15(17)11-13-6-4-3-5-7-13/h6,8-10,15H,3-5,7,11,17H2,1-2H3. The molecule has 0 spiro atoms. The Balaban J connectivity index is 2.14. The summed E-state index contributed by atoms with van der Waals surface area (Å²) in [6, 6.07) is 6.27. The van der Waals surface area contributed by atoms with Crippen LogP contribution in [0, 0.1) is 6.92 Å². The Bertz CT molecular complexity index is 437. The van der Waals surface area contributed by atoms with E-state index in [9.17, 15) is 0 Å². The second-order valence-electron chi connectivity index (χ2n) is 5.16. The summed E-state index contributed by atoms with van der Waals surface area (Å²) in [5, 5.41) is 0. The van der Waals surface area contributed by atoms with E-state index in [0.717, 1.165) is 17.7 Å². The van der Waals surface area contributed by atoms with Crippen molar-refractivity contribution in [2.45, 2.75) is 45.1 Å². The summed E-state index contributed by atoms with van der Waals surface area (Å²) in [7, 11) is 1.71. The van der Waals surface area contributed by atoms with Gasteiger partial charge in [0.25, 0.3) is 0 Å². The van der Waals surface area contributed by atoms with E-state index >= 15 is 0 Å². The number of ether oxygens (including phenoxy) is 1. The Kier molecular flexibility index (Phi) is 4.43. The molecule has 1 aliphatic carbocycles. The summed E-state index contributed by atoms with van der Waals surface area (Å²) in [5.41, 5.74) is 10.2. The molecule has 0 aliphatic heterocycles. The number of allylic oxidation sites excluding steroid dienone is 1. The van der Waals surface area contributed by atoms with Crippen LogP contribution in [0.25, 0.3) is 0 Å². The van der Waals surface area contributed by atoms with E-state index in [1.54, 1.807) is 7.11 Å². The van der Waals surface area contributed by atoms with Crippen molar-refractivity contribution >= 4 is 0 Å². The minimum Gasteiger partial charge on any atom is -0.496 e. The molecule has 1 aromatic carbocycles. The highest BCUT2D eigenvalue weighted by atomic mass is 16.5. The predicted octanol–water partition coefficient (Wildman–Crippen LogP) is 3.89. The maximum Gasteiger partial charge on any atom is 0.123 e. The number of benzene rings is 1. The van der Waals surface area contributed by atoms with Gasteiger partial charge in [0.1, 0.15) is 5.75 Å². The fourth-order valence-electron chi connectivity index (χ4n) is 2.63. The van der Waals surface area contributed by atoms with Gasteiger partial charge in [-0.2, -0.15) is 0 Å². The minimum absolute atomic E-state index is 0.0456. The number of aryl methyl sites for hydroxylation is 1. The first kappa shape index (κ1) is 13.2. The van der Waals surface area contributed by atoms with Gasteiger partial charge in [-0.25, -0.2) is 0 Å². The number of rotatable bonds is 4. The van der Waals surface area contributed by atoms with Crippen molar-refractivity contribution in [1.82, 2.24) is 0 Å². The van der Waals surface area contributed by atoms with E-state index in [0.29, 0.717) is 0 Å². The zero-order valence-electron chi connectivity index (χ0n) is 11.4. The van der Waals surface area contributed by atoms with E-state index in [1.165, 1.54) is 36.8 Å². The van der Waals surface area contributed by atoms with E-state index in [4.69, 9.17) is 10.5 Å². The first-order valence-electron chi connectivity index (χ1n) is 6.78. The highest BCUT2D eigenvalue weighted by Gasteiger charge is 2.15. The lowest BCUT2D eigenvalue weighted by molar-refractivity contribution is 0.405. The normalized spacial score (nSPS) is 17.2. The highest BCUT2D eigenvalue weighted by Crippen LogP contribution is 2.31. The van der Waals surface area contributed by atoms with Crippen LogP contribution in [0.15, 0.2) is 29.8 Å². The monoisotopic (exact) mass is 245 g/mol. The van der Waals surface area contributed by atoms with Crippen molar-refractivity contribution in [2.24, 2.45) is 5.73 Å². The molecule has 1 unspecified atom stereocenters. The SMILES string of the molecule is COc1ccc(C)cc1C(N)CC1=CCCCC1. The number of hydrogen-bond donors (Lipinski definition) is 1. The molecule has 1 aromatic rings. The molecule has 0 amide bonds. The van der Waals surface area contributed by atoms with Crippen LogP contribution in [0.1, 0.15) is 49.3 Å². The lowest BCUT2D eigenvalue weighted by atomic mass is 9.91. The smallest absolute Gasteiger partial charge is 0.123 e. The number of hydrogen-bond acceptors (Lipinski definition) is 2. The molecule has 0 heterocycles. The second-order valence-corrected chi connectivity index (χ2v) is 5.16. The summed E-state index contributed by atoms with van der Waals surface area (Å²) >= 11 is 0. The number of nitrogens with two attached hydrogens (primary N) is 1. The van der Waals surface area contributed by atoms with Crippen LogP contribution in [0.2, 0.25) is 0 Å². The predicted molar refractivity (Wildman–Crippen MR) is 75.8 cm³/mol. The summed E-state index contributed by atoms with van der Waals surface area (Å²) in [5.74, 6) is 0.907. The van der Waals surface area contributed by atoms with Crippen LogP contribution in [0.5, 0.6) is 5.75 Å². The van der Waals surface area contributed by atoms with Crippen LogP contribution < -0.4 is 10.5 Å². The van der Waals surface area contributed by atoms with Gasteiger partial charge >= 0.3 is 0 Å². The average Bonchev–Trinajstić information content (AvgIpc) is 2.40. The Labute approximate surface area is 110 Å². The van der Waals surface area contributed by atoms with Crippen molar-refractivity contribution in [3.63, 3.8) is 0 Å². The van der Waals surface area contributed by atoms with Crippen molar-refractivity contribution < 1.29 is 4.74 Å². The molecule has 0 radical (unpaired) electrons.